The fourth-order valence-corrected chi connectivity index (χ4v) is 3.94. The highest BCUT2D eigenvalue weighted by molar-refractivity contribution is 5.91. The molecule has 0 aliphatic rings. The van der Waals surface area contributed by atoms with Crippen molar-refractivity contribution < 1.29 is 19.0 Å². The molecule has 0 heterocycles. The van der Waals surface area contributed by atoms with Crippen LogP contribution in [0.15, 0.2) is 72.8 Å². The third-order valence-corrected chi connectivity index (χ3v) is 6.25. The van der Waals surface area contributed by atoms with Crippen LogP contribution in [0.25, 0.3) is 11.1 Å². The van der Waals surface area contributed by atoms with E-state index >= 15 is 0 Å². The Morgan fingerprint density at radius 2 is 1.22 bits per heavy atom. The van der Waals surface area contributed by atoms with E-state index in [1.807, 2.05) is 55.5 Å². The summed E-state index contributed by atoms with van der Waals surface area (Å²) in [5.74, 6) is 1.04. The van der Waals surface area contributed by atoms with Crippen molar-refractivity contribution in [2.45, 2.75) is 71.8 Å². The monoisotopic (exact) mass is 488 g/mol. The number of hydrogen-bond donors (Lipinski definition) is 0. The molecule has 0 aliphatic carbocycles. The molecule has 36 heavy (non-hydrogen) atoms. The molecule has 3 aromatic carbocycles. The van der Waals surface area contributed by atoms with Gasteiger partial charge in [-0.2, -0.15) is 0 Å². The molecule has 0 aromatic heterocycles. The van der Waals surface area contributed by atoms with Crippen LogP contribution < -0.4 is 9.47 Å². The van der Waals surface area contributed by atoms with Crippen molar-refractivity contribution in [3.05, 3.63) is 83.9 Å². The van der Waals surface area contributed by atoms with E-state index < -0.39 is 0 Å². The zero-order valence-corrected chi connectivity index (χ0v) is 22.0. The quantitative estimate of drug-likeness (QED) is 0.122. The van der Waals surface area contributed by atoms with Crippen molar-refractivity contribution >= 4 is 5.97 Å². The lowest BCUT2D eigenvalue weighted by Crippen LogP contribution is -2.09. The first-order valence-electron chi connectivity index (χ1n) is 13.4. The van der Waals surface area contributed by atoms with Crippen LogP contribution in [0, 0.1) is 0 Å². The van der Waals surface area contributed by atoms with Crippen LogP contribution in [0.5, 0.6) is 11.5 Å². The standard InChI is InChI=1S/C32H40O4/c1-4-6-8-10-24-35-30-19-15-27(16-20-30)28-17-21-31(22-18-28)36-32(33)29-13-11-26(12-14-29)25(3)34-23-9-7-5-2/h11-22,25H,4-10,23-24H2,1-3H3. The van der Waals surface area contributed by atoms with Crippen LogP contribution in [0.2, 0.25) is 0 Å². The topological polar surface area (TPSA) is 44.8 Å². The fourth-order valence-electron chi connectivity index (χ4n) is 3.94. The number of carbonyl (C=O) groups excluding carboxylic acids is 1. The van der Waals surface area contributed by atoms with E-state index in [1.165, 1.54) is 32.1 Å². The van der Waals surface area contributed by atoms with Crippen LogP contribution in [-0.2, 0) is 4.74 Å². The molecule has 3 rings (SSSR count). The molecule has 3 aromatic rings. The second kappa shape index (κ2) is 15.1. The lowest BCUT2D eigenvalue weighted by Gasteiger charge is -2.14. The molecule has 192 valence electrons. The summed E-state index contributed by atoms with van der Waals surface area (Å²) in [5, 5.41) is 0. The second-order valence-corrected chi connectivity index (χ2v) is 9.19. The van der Waals surface area contributed by atoms with E-state index in [9.17, 15) is 4.79 Å². The van der Waals surface area contributed by atoms with E-state index in [-0.39, 0.29) is 12.1 Å². The average Bonchev–Trinajstić information content (AvgIpc) is 2.92. The predicted molar refractivity (Wildman–Crippen MR) is 147 cm³/mol. The summed E-state index contributed by atoms with van der Waals surface area (Å²) in [7, 11) is 0. The van der Waals surface area contributed by atoms with E-state index in [0.29, 0.717) is 11.3 Å². The number of unbranched alkanes of at least 4 members (excludes halogenated alkanes) is 5. The number of rotatable bonds is 15. The first-order valence-corrected chi connectivity index (χ1v) is 13.4. The van der Waals surface area contributed by atoms with Gasteiger partial charge in [-0.15, -0.1) is 0 Å². The van der Waals surface area contributed by atoms with E-state index in [1.54, 1.807) is 12.1 Å². The van der Waals surface area contributed by atoms with Crippen molar-refractivity contribution in [2.24, 2.45) is 0 Å². The fraction of sp³-hybridized carbons (Fsp3) is 0.406. The lowest BCUT2D eigenvalue weighted by atomic mass is 10.1. The van der Waals surface area contributed by atoms with Gasteiger partial charge in [-0.3, -0.25) is 0 Å². The molecule has 1 atom stereocenters. The Morgan fingerprint density at radius 1 is 0.667 bits per heavy atom. The maximum atomic E-state index is 12.6. The van der Waals surface area contributed by atoms with Gasteiger partial charge in [0.05, 0.1) is 18.3 Å². The summed E-state index contributed by atoms with van der Waals surface area (Å²) in [4.78, 5) is 12.6. The molecule has 4 nitrogen and oxygen atoms in total. The molecule has 0 fully saturated rings. The summed E-state index contributed by atoms with van der Waals surface area (Å²) in [6.07, 6.45) is 8.23. The molecule has 0 N–H and O–H groups in total. The maximum absolute atomic E-state index is 12.6. The summed E-state index contributed by atoms with van der Waals surface area (Å²) < 4.78 is 17.3. The molecule has 0 aliphatic heterocycles. The molecule has 0 radical (unpaired) electrons. The van der Waals surface area contributed by atoms with Crippen molar-refractivity contribution in [1.82, 2.24) is 0 Å². The van der Waals surface area contributed by atoms with E-state index in [2.05, 4.69) is 26.0 Å². The van der Waals surface area contributed by atoms with Crippen LogP contribution in [0.3, 0.4) is 0 Å². The van der Waals surface area contributed by atoms with Gasteiger partial charge in [0.15, 0.2) is 0 Å². The third kappa shape index (κ3) is 8.83. The zero-order chi connectivity index (χ0) is 25.6. The molecule has 0 saturated carbocycles. The summed E-state index contributed by atoms with van der Waals surface area (Å²) in [6.45, 7) is 7.94. The number of hydrogen-bond acceptors (Lipinski definition) is 4. The van der Waals surface area contributed by atoms with Crippen LogP contribution in [-0.4, -0.2) is 19.2 Å². The Bertz CT molecular complexity index is 1020. The molecular weight excluding hydrogens is 448 g/mol. The molecular formula is C32H40O4. The van der Waals surface area contributed by atoms with Crippen molar-refractivity contribution in [2.75, 3.05) is 13.2 Å². The number of ether oxygens (including phenoxy) is 3. The normalized spacial score (nSPS) is 11.8. The number of benzene rings is 3. The zero-order valence-electron chi connectivity index (χ0n) is 22.0. The van der Waals surface area contributed by atoms with Crippen molar-refractivity contribution in [1.29, 1.82) is 0 Å². The van der Waals surface area contributed by atoms with Gasteiger partial charge in [0.1, 0.15) is 11.5 Å². The summed E-state index contributed by atoms with van der Waals surface area (Å²) >= 11 is 0. The molecule has 0 bridgehead atoms. The van der Waals surface area contributed by atoms with Gasteiger partial charge in [-0.05, 0) is 72.9 Å². The van der Waals surface area contributed by atoms with Crippen LogP contribution in [0.4, 0.5) is 0 Å². The Kier molecular flexibility index (Phi) is 11.5. The first-order chi connectivity index (χ1) is 17.6. The second-order valence-electron chi connectivity index (χ2n) is 9.19. The minimum atomic E-state index is -0.369. The molecule has 1 unspecified atom stereocenters. The Balaban J connectivity index is 1.49. The first kappa shape index (κ1) is 27.5. The van der Waals surface area contributed by atoms with Crippen LogP contribution in [0.1, 0.15) is 87.7 Å². The Labute approximate surface area is 216 Å². The maximum Gasteiger partial charge on any atom is 0.343 e. The van der Waals surface area contributed by atoms with E-state index in [0.717, 1.165) is 48.5 Å². The number of carbonyl (C=O) groups is 1. The largest absolute Gasteiger partial charge is 0.494 e. The van der Waals surface area contributed by atoms with Crippen molar-refractivity contribution in [3.8, 4) is 22.6 Å². The predicted octanol–water partition coefficient (Wildman–Crippen LogP) is 8.80. The molecule has 0 amide bonds. The Hall–Kier alpha value is -3.11. The van der Waals surface area contributed by atoms with Gasteiger partial charge in [-0.25, -0.2) is 4.79 Å². The highest BCUT2D eigenvalue weighted by atomic mass is 16.5. The summed E-state index contributed by atoms with van der Waals surface area (Å²) in [5.41, 5.74) is 3.72. The van der Waals surface area contributed by atoms with Gasteiger partial charge in [-0.1, -0.05) is 82.3 Å². The van der Waals surface area contributed by atoms with Gasteiger partial charge in [0.25, 0.3) is 0 Å². The highest BCUT2D eigenvalue weighted by Gasteiger charge is 2.11. The van der Waals surface area contributed by atoms with Gasteiger partial charge >= 0.3 is 5.97 Å². The highest BCUT2D eigenvalue weighted by Crippen LogP contribution is 2.25. The average molecular weight is 489 g/mol. The van der Waals surface area contributed by atoms with Gasteiger partial charge < -0.3 is 14.2 Å². The molecule has 4 heteroatoms. The van der Waals surface area contributed by atoms with Crippen molar-refractivity contribution in [3.63, 3.8) is 0 Å². The number of esters is 1. The summed E-state index contributed by atoms with van der Waals surface area (Å²) in [6, 6.07) is 23.2. The minimum absolute atomic E-state index is 0.00546. The Morgan fingerprint density at radius 3 is 1.83 bits per heavy atom. The lowest BCUT2D eigenvalue weighted by molar-refractivity contribution is 0.0628. The van der Waals surface area contributed by atoms with Crippen LogP contribution >= 0.6 is 0 Å². The third-order valence-electron chi connectivity index (χ3n) is 6.25. The SMILES string of the molecule is CCCCCCOc1ccc(-c2ccc(OC(=O)c3ccc(C(C)OCCCCC)cc3)cc2)cc1. The minimum Gasteiger partial charge on any atom is -0.494 e. The molecule has 0 saturated heterocycles. The molecule has 0 spiro atoms. The van der Waals surface area contributed by atoms with Gasteiger partial charge in [0, 0.05) is 6.61 Å². The van der Waals surface area contributed by atoms with Gasteiger partial charge in [0.2, 0.25) is 0 Å². The smallest absolute Gasteiger partial charge is 0.343 e. The van der Waals surface area contributed by atoms with E-state index in [4.69, 9.17) is 14.2 Å².